The van der Waals surface area contributed by atoms with Crippen LogP contribution in [0.15, 0.2) is 273 Å². The normalized spacial score (nSPS) is 11.9. The first-order valence-electron chi connectivity index (χ1n) is 44.5. The summed E-state index contributed by atoms with van der Waals surface area (Å²) in [6, 6.07) is 89.7. The van der Waals surface area contributed by atoms with Gasteiger partial charge in [0.05, 0.1) is 0 Å². The molecule has 0 spiro atoms. The lowest BCUT2D eigenvalue weighted by atomic mass is 9.85. The summed E-state index contributed by atoms with van der Waals surface area (Å²) in [7, 11) is 8.06. The van der Waals surface area contributed by atoms with E-state index in [0.717, 1.165) is 118 Å². The predicted octanol–water partition coefficient (Wildman–Crippen LogP) is 20.2. The van der Waals surface area contributed by atoms with E-state index in [2.05, 4.69) is 251 Å². The summed E-state index contributed by atoms with van der Waals surface area (Å²) >= 11 is 0. The lowest BCUT2D eigenvalue weighted by Crippen LogP contribution is -2.35. The van der Waals surface area contributed by atoms with E-state index < -0.39 is 36.0 Å². The molecular weight excluding hydrogens is 1630 g/mol. The van der Waals surface area contributed by atoms with Crippen molar-refractivity contribution in [1.82, 2.24) is 14.7 Å². The van der Waals surface area contributed by atoms with Gasteiger partial charge in [-0.15, -0.1) is 0 Å². The van der Waals surface area contributed by atoms with Crippen LogP contribution in [0.2, 0.25) is 0 Å². The minimum atomic E-state index is -1.00. The van der Waals surface area contributed by atoms with Crippen molar-refractivity contribution < 1.29 is 58.1 Å². The van der Waals surface area contributed by atoms with Gasteiger partial charge < -0.3 is 70.7 Å². The quantitative estimate of drug-likeness (QED) is 0.0207. The van der Waals surface area contributed by atoms with Crippen LogP contribution in [0.4, 0.5) is 11.4 Å². The van der Waals surface area contributed by atoms with Gasteiger partial charge in [0.1, 0.15) is 92.3 Å². The number of hydrogen-bond donors (Lipinski definition) is 6. The fourth-order valence-electron chi connectivity index (χ4n) is 15.3. The minimum Gasteiger partial charge on any atom is -0.489 e. The highest BCUT2D eigenvalue weighted by Gasteiger charge is 2.27. The second kappa shape index (κ2) is 49.7. The summed E-state index contributed by atoms with van der Waals surface area (Å²) in [5.41, 5.74) is 40.9. The number of nitrogens with zero attached hydrogens (tertiary/aromatic N) is 5. The largest absolute Gasteiger partial charge is 0.489 e. The van der Waals surface area contributed by atoms with Gasteiger partial charge in [0.15, 0.2) is 0 Å². The monoisotopic (exact) mass is 1760 g/mol. The summed E-state index contributed by atoms with van der Waals surface area (Å²) in [6.45, 7) is 26.6. The van der Waals surface area contributed by atoms with Gasteiger partial charge in [-0.2, -0.15) is 0 Å². The number of carboxylic acids is 3. The summed E-state index contributed by atoms with van der Waals surface area (Å²) in [6.07, 6.45) is 0.944. The number of hydrogen-bond acceptors (Lipinski definition) is 17. The van der Waals surface area contributed by atoms with Gasteiger partial charge in [0, 0.05) is 132 Å². The van der Waals surface area contributed by atoms with Gasteiger partial charge in [0.2, 0.25) is 0 Å². The molecule has 0 fully saturated rings. The lowest BCUT2D eigenvalue weighted by Gasteiger charge is -2.29. The maximum Gasteiger partial charge on any atom is 0.320 e. The Morgan fingerprint density at radius 2 is 0.592 bits per heavy atom. The molecule has 0 radical (unpaired) electrons. The van der Waals surface area contributed by atoms with Gasteiger partial charge in [-0.05, 0) is 154 Å². The van der Waals surface area contributed by atoms with Gasteiger partial charge in [-0.25, -0.2) is 0 Å². The van der Waals surface area contributed by atoms with Crippen molar-refractivity contribution in [1.29, 1.82) is 0 Å². The van der Waals surface area contributed by atoms with E-state index in [0.29, 0.717) is 118 Å². The molecule has 0 aliphatic heterocycles. The molecule has 0 aromatic heterocycles. The number of rotatable bonds is 44. The second-order valence-corrected chi connectivity index (χ2v) is 35.2. The maximum atomic E-state index is 11.6. The van der Waals surface area contributed by atoms with Crippen molar-refractivity contribution in [2.75, 3.05) is 57.6 Å². The van der Waals surface area contributed by atoms with Crippen molar-refractivity contribution in [3.8, 4) is 34.5 Å². The summed E-state index contributed by atoms with van der Waals surface area (Å²) in [4.78, 5) is 45.5. The van der Waals surface area contributed by atoms with Crippen LogP contribution in [0.5, 0.6) is 34.5 Å². The zero-order valence-electron chi connectivity index (χ0n) is 77.9. The topological polar surface area (TPSA) is 262 Å². The summed E-state index contributed by atoms with van der Waals surface area (Å²) < 4.78 is 38.3. The van der Waals surface area contributed by atoms with Crippen LogP contribution in [0.25, 0.3) is 0 Å². The molecule has 12 aromatic carbocycles. The average molecular weight is 1760 g/mol. The number of nitrogens with two attached hydrogens (primary N) is 3. The molecule has 20 heteroatoms. The Morgan fingerprint density at radius 3 is 0.923 bits per heavy atom. The Balaban J connectivity index is 0.000000203. The van der Waals surface area contributed by atoms with Crippen LogP contribution in [0, 0.1) is 41.5 Å². The van der Waals surface area contributed by atoms with Crippen molar-refractivity contribution in [3.05, 3.63) is 379 Å². The van der Waals surface area contributed by atoms with E-state index in [9.17, 15) is 29.7 Å². The zero-order valence-corrected chi connectivity index (χ0v) is 77.9. The van der Waals surface area contributed by atoms with Gasteiger partial charge in [-0.3, -0.25) is 29.1 Å². The Labute approximate surface area is 769 Å². The highest BCUT2D eigenvalue weighted by Crippen LogP contribution is 2.38. The highest BCUT2D eigenvalue weighted by molar-refractivity contribution is 5.74. The average Bonchev–Trinajstić information content (AvgIpc) is 0.808. The fraction of sp³-hybridized carbons (Fsp3) is 0.318. The SMILES string of the molecule is Cc1cccc(COc2ccccc2CN(CC[C@H](N)C(=O)O)Cc2c(OCc3cccc(C)c3)cccc2N(C)C)c1.Cc1cccc(COc2ccccc2CN(CC[C@H](N)C(=O)O)Cc2cc(N(C)C)ccc2OCc2cccc(C)c2)c1.Cc1cccc(COc2ccccc2CN(CC[C@H](N)C(=O)O)Cc2cccc(C(C)(C)C)c2OCc2cccc(C)c2)c1. The molecule has 0 unspecified atom stereocenters. The Hall–Kier alpha value is -12.8. The van der Waals surface area contributed by atoms with E-state index in [1.54, 1.807) is 0 Å². The molecule has 20 nitrogen and oxygen atoms in total. The van der Waals surface area contributed by atoms with E-state index >= 15 is 0 Å². The van der Waals surface area contributed by atoms with Gasteiger partial charge in [0.25, 0.3) is 0 Å². The Kier molecular flexibility index (Phi) is 38.0. The molecule has 0 aliphatic rings. The molecule has 12 aromatic rings. The predicted molar refractivity (Wildman–Crippen MR) is 522 cm³/mol. The molecule has 0 bridgehead atoms. The Bertz CT molecular complexity index is 5630. The van der Waals surface area contributed by atoms with Crippen LogP contribution >= 0.6 is 0 Å². The third-order valence-electron chi connectivity index (χ3n) is 22.4. The van der Waals surface area contributed by atoms with Crippen LogP contribution in [0.1, 0.15) is 146 Å². The number of anilines is 2. The van der Waals surface area contributed by atoms with E-state index in [4.69, 9.17) is 45.6 Å². The van der Waals surface area contributed by atoms with Crippen LogP contribution < -0.4 is 55.4 Å². The molecule has 3 atom stereocenters. The fourth-order valence-corrected chi connectivity index (χ4v) is 15.3. The maximum absolute atomic E-state index is 11.6. The molecule has 9 N–H and O–H groups in total. The number of aryl methyl sites for hydroxylation is 6. The van der Waals surface area contributed by atoms with Crippen molar-refractivity contribution in [3.63, 3.8) is 0 Å². The third-order valence-corrected chi connectivity index (χ3v) is 22.4. The number of carboxylic acid groups (broad SMARTS) is 3. The number of para-hydroxylation sites is 4. The van der Waals surface area contributed by atoms with E-state index in [1.165, 1.54) is 33.4 Å². The van der Waals surface area contributed by atoms with Crippen LogP contribution in [0.3, 0.4) is 0 Å². The van der Waals surface area contributed by atoms with Gasteiger partial charge in [-0.1, -0.05) is 279 Å². The molecule has 0 saturated heterocycles. The molecule has 12 rings (SSSR count). The first kappa shape index (κ1) is 99.4. The number of benzene rings is 12. The molecular formula is C110H132N8O12. The second-order valence-electron chi connectivity index (χ2n) is 35.2. The smallest absolute Gasteiger partial charge is 0.320 e. The van der Waals surface area contributed by atoms with Gasteiger partial charge >= 0.3 is 17.9 Å². The first-order chi connectivity index (χ1) is 62.4. The highest BCUT2D eigenvalue weighted by atomic mass is 16.5. The van der Waals surface area contributed by atoms with Crippen molar-refractivity contribution in [2.24, 2.45) is 17.2 Å². The number of carbonyl (C=O) groups is 3. The number of aliphatic carboxylic acids is 3. The third kappa shape index (κ3) is 32.1. The van der Waals surface area contributed by atoms with Crippen molar-refractivity contribution in [2.45, 2.75) is 184 Å². The first-order valence-corrected chi connectivity index (χ1v) is 44.5. The van der Waals surface area contributed by atoms with Crippen LogP contribution in [-0.2, 0) is 98.7 Å². The zero-order chi connectivity index (χ0) is 93.2. The van der Waals surface area contributed by atoms with E-state index in [-0.39, 0.29) is 5.41 Å². The summed E-state index contributed by atoms with van der Waals surface area (Å²) in [5, 5.41) is 28.5. The Morgan fingerprint density at radius 1 is 0.308 bits per heavy atom. The lowest BCUT2D eigenvalue weighted by molar-refractivity contribution is -0.139. The number of ether oxygens (including phenoxy) is 6. The molecule has 0 amide bonds. The minimum absolute atomic E-state index is 0.134. The molecule has 0 saturated carbocycles. The molecule has 0 aliphatic carbocycles. The molecule has 130 heavy (non-hydrogen) atoms. The van der Waals surface area contributed by atoms with E-state index in [1.807, 2.05) is 137 Å². The summed E-state index contributed by atoms with van der Waals surface area (Å²) in [5.74, 6) is 1.87. The standard InChI is InChI=1S/C38H46N2O4.2C36H43N3O4/c1-27-11-8-13-29(21-27)25-43-35-18-7-6-15-31(35)23-40(20-19-34(39)37(41)42)24-32-16-10-17-33(38(3,4)5)36(32)44-26-30-14-9-12-28(2)22-30;1-26-10-7-12-28(20-26)24-42-34-16-6-5-14-30(34)22-39(19-18-32(37)36(40)41)23-31-33(38(3)4)15-9-17-35(31)43-25-29-13-8-11-27(2)21-29;1-26-9-7-11-28(19-26)24-42-34-14-6-5-13-30(34)22-39(18-17-33(37)36(40)41)23-31-21-32(38(3)4)15-16-35(31)43-25-29-12-8-10-27(2)20-29/h6-18,21-22,34H,19-20,23-26,39H2,1-5H3,(H,41,42);5-17,20-21,32H,18-19,22-25,37H2,1-4H3,(H,40,41);5-16,19-21,33H,17-18,22-25,37H2,1-4H3,(H,40,41)/t34-;32-;33-/m000/s1. The molecule has 684 valence electrons. The molecule has 0 heterocycles. The van der Waals surface area contributed by atoms with Crippen molar-refractivity contribution >= 4 is 29.3 Å². The van der Waals surface area contributed by atoms with Crippen LogP contribution in [-0.4, -0.2) is 114 Å².